The van der Waals surface area contributed by atoms with Gasteiger partial charge in [0.15, 0.2) is 5.82 Å². The fraction of sp³-hybridized carbons (Fsp3) is 0.118. The van der Waals surface area contributed by atoms with E-state index in [4.69, 9.17) is 0 Å². The van der Waals surface area contributed by atoms with E-state index in [1.54, 1.807) is 12.1 Å². The minimum Gasteiger partial charge on any atom is -0.326 e. The number of nitrogens with zero attached hydrogens (tertiary/aromatic N) is 2. The monoisotopic (exact) mass is 342 g/mol. The zero-order valence-corrected chi connectivity index (χ0v) is 13.7. The number of hydrogen-bond acceptors (Lipinski definition) is 4. The molecule has 0 saturated carbocycles. The quantitative estimate of drug-likeness (QED) is 0.691. The van der Waals surface area contributed by atoms with E-state index >= 15 is 0 Å². The van der Waals surface area contributed by atoms with Crippen LogP contribution >= 0.6 is 11.8 Å². The molecule has 2 aromatic carbocycles. The summed E-state index contributed by atoms with van der Waals surface area (Å²) in [5.74, 6) is 0.971. The predicted molar refractivity (Wildman–Crippen MR) is 92.1 cm³/mol. The normalized spacial score (nSPS) is 10.6. The number of halogens is 1. The van der Waals surface area contributed by atoms with Crippen molar-refractivity contribution in [1.82, 2.24) is 15.2 Å². The Labute approximate surface area is 142 Å². The third kappa shape index (κ3) is 4.20. The van der Waals surface area contributed by atoms with E-state index in [1.165, 1.54) is 30.8 Å². The summed E-state index contributed by atoms with van der Waals surface area (Å²) in [5, 5.41) is 10.4. The first-order valence-corrected chi connectivity index (χ1v) is 8.26. The van der Waals surface area contributed by atoms with Crippen LogP contribution in [0.25, 0.3) is 11.4 Å². The van der Waals surface area contributed by atoms with Crippen molar-refractivity contribution < 1.29 is 9.18 Å². The number of nitrogens with one attached hydrogen (secondary N) is 2. The van der Waals surface area contributed by atoms with Crippen molar-refractivity contribution in [2.75, 3.05) is 5.32 Å². The van der Waals surface area contributed by atoms with Gasteiger partial charge in [0.25, 0.3) is 0 Å². The number of carbonyl (C=O) groups is 1. The first kappa shape index (κ1) is 16.2. The van der Waals surface area contributed by atoms with Crippen LogP contribution in [0, 0.1) is 5.82 Å². The van der Waals surface area contributed by atoms with E-state index < -0.39 is 0 Å². The zero-order chi connectivity index (χ0) is 16.9. The number of aromatic amines is 1. The first-order valence-electron chi connectivity index (χ1n) is 7.28. The van der Waals surface area contributed by atoms with Crippen molar-refractivity contribution in [3.8, 4) is 11.4 Å². The van der Waals surface area contributed by atoms with Crippen LogP contribution in [-0.4, -0.2) is 21.1 Å². The highest BCUT2D eigenvalue weighted by Gasteiger charge is 2.07. The Kier molecular flexibility index (Phi) is 4.90. The van der Waals surface area contributed by atoms with E-state index in [0.29, 0.717) is 16.7 Å². The molecule has 24 heavy (non-hydrogen) atoms. The van der Waals surface area contributed by atoms with Crippen LogP contribution in [0.3, 0.4) is 0 Å². The average molecular weight is 342 g/mol. The Morgan fingerprint density at radius 3 is 2.54 bits per heavy atom. The molecule has 122 valence electrons. The highest BCUT2D eigenvalue weighted by Crippen LogP contribution is 2.23. The Morgan fingerprint density at radius 1 is 1.17 bits per heavy atom. The maximum atomic E-state index is 12.9. The lowest BCUT2D eigenvalue weighted by atomic mass is 10.2. The number of amides is 1. The third-order valence-electron chi connectivity index (χ3n) is 3.22. The van der Waals surface area contributed by atoms with Crippen LogP contribution in [0.1, 0.15) is 12.5 Å². The number of aromatic nitrogens is 3. The van der Waals surface area contributed by atoms with Gasteiger partial charge in [0.2, 0.25) is 11.1 Å². The second-order valence-corrected chi connectivity index (χ2v) is 6.08. The van der Waals surface area contributed by atoms with E-state index in [2.05, 4.69) is 20.5 Å². The maximum absolute atomic E-state index is 12.9. The van der Waals surface area contributed by atoms with Crippen LogP contribution in [0.4, 0.5) is 10.1 Å². The molecule has 5 nitrogen and oxygen atoms in total. The first-order chi connectivity index (χ1) is 11.6. The fourth-order valence-corrected chi connectivity index (χ4v) is 2.84. The van der Waals surface area contributed by atoms with E-state index in [1.807, 2.05) is 24.3 Å². The lowest BCUT2D eigenvalue weighted by Crippen LogP contribution is -2.05. The molecule has 0 fully saturated rings. The van der Waals surface area contributed by atoms with Crippen molar-refractivity contribution in [3.63, 3.8) is 0 Å². The minimum atomic E-state index is -0.244. The number of thioether (sulfide) groups is 1. The van der Waals surface area contributed by atoms with Gasteiger partial charge in [-0.25, -0.2) is 9.37 Å². The lowest BCUT2D eigenvalue weighted by Gasteiger charge is -2.02. The predicted octanol–water partition coefficient (Wildman–Crippen LogP) is 3.86. The van der Waals surface area contributed by atoms with Crippen molar-refractivity contribution in [2.45, 2.75) is 17.8 Å². The molecular formula is C17H15FN4OS. The Morgan fingerprint density at radius 2 is 1.88 bits per heavy atom. The SMILES string of the molecule is CC(=O)Nc1ccc(-c2nc(SCc3ccc(F)cc3)n[nH]2)cc1. The van der Waals surface area contributed by atoms with Gasteiger partial charge in [0.05, 0.1) is 0 Å². The highest BCUT2D eigenvalue weighted by atomic mass is 32.2. The summed E-state index contributed by atoms with van der Waals surface area (Å²) in [6.45, 7) is 1.47. The van der Waals surface area contributed by atoms with E-state index in [9.17, 15) is 9.18 Å². The van der Waals surface area contributed by atoms with Crippen LogP contribution in [0.5, 0.6) is 0 Å². The number of anilines is 1. The number of H-pyrrole nitrogens is 1. The number of rotatable bonds is 5. The van der Waals surface area contributed by atoms with Crippen molar-refractivity contribution in [1.29, 1.82) is 0 Å². The molecule has 1 aromatic heterocycles. The molecule has 2 N–H and O–H groups in total. The Bertz CT molecular complexity index is 831. The van der Waals surface area contributed by atoms with Gasteiger partial charge in [-0.1, -0.05) is 23.9 Å². The van der Waals surface area contributed by atoms with Crippen LogP contribution in [-0.2, 0) is 10.5 Å². The molecule has 0 aliphatic carbocycles. The molecule has 3 rings (SSSR count). The van der Waals surface area contributed by atoms with Gasteiger partial charge < -0.3 is 5.32 Å². The fourth-order valence-electron chi connectivity index (χ4n) is 2.08. The third-order valence-corrected chi connectivity index (χ3v) is 4.14. The molecule has 0 atom stereocenters. The largest absolute Gasteiger partial charge is 0.326 e. The Balaban J connectivity index is 1.64. The summed E-state index contributed by atoms with van der Waals surface area (Å²) >= 11 is 1.47. The van der Waals surface area contributed by atoms with Gasteiger partial charge in [-0.2, -0.15) is 0 Å². The molecular weight excluding hydrogens is 327 g/mol. The number of carbonyl (C=O) groups excluding carboxylic acids is 1. The summed E-state index contributed by atoms with van der Waals surface area (Å²) in [7, 11) is 0. The summed E-state index contributed by atoms with van der Waals surface area (Å²) in [6, 6.07) is 13.7. The molecule has 3 aromatic rings. The van der Waals surface area contributed by atoms with Crippen LogP contribution in [0.15, 0.2) is 53.7 Å². The second-order valence-electron chi connectivity index (χ2n) is 5.14. The standard InChI is InChI=1S/C17H15FN4OS/c1-11(23)19-15-8-4-13(5-9-15)16-20-17(22-21-16)24-10-12-2-6-14(18)7-3-12/h2-9H,10H2,1H3,(H,19,23)(H,20,21,22). The minimum absolute atomic E-state index is 0.109. The summed E-state index contributed by atoms with van der Waals surface area (Å²) < 4.78 is 12.9. The van der Waals surface area contributed by atoms with Crippen LogP contribution in [0.2, 0.25) is 0 Å². The molecule has 7 heteroatoms. The molecule has 0 aliphatic rings. The molecule has 0 radical (unpaired) electrons. The van der Waals surface area contributed by atoms with Gasteiger partial charge in [-0.05, 0) is 42.0 Å². The maximum Gasteiger partial charge on any atom is 0.221 e. The van der Waals surface area contributed by atoms with E-state index in [-0.39, 0.29) is 11.7 Å². The van der Waals surface area contributed by atoms with Gasteiger partial charge >= 0.3 is 0 Å². The second kappa shape index (κ2) is 7.27. The van der Waals surface area contributed by atoms with Crippen molar-refractivity contribution in [3.05, 3.63) is 59.9 Å². The lowest BCUT2D eigenvalue weighted by molar-refractivity contribution is -0.114. The molecule has 0 unspecified atom stereocenters. The average Bonchev–Trinajstić information content (AvgIpc) is 3.03. The number of hydrogen-bond donors (Lipinski definition) is 2. The molecule has 0 aliphatic heterocycles. The molecule has 0 spiro atoms. The summed E-state index contributed by atoms with van der Waals surface area (Å²) in [4.78, 5) is 15.5. The number of benzene rings is 2. The van der Waals surface area contributed by atoms with Gasteiger partial charge in [-0.3, -0.25) is 9.89 Å². The van der Waals surface area contributed by atoms with E-state index in [0.717, 1.165) is 16.8 Å². The molecule has 0 bridgehead atoms. The summed E-state index contributed by atoms with van der Waals surface area (Å²) in [5.41, 5.74) is 2.62. The van der Waals surface area contributed by atoms with Gasteiger partial charge in [0.1, 0.15) is 5.82 Å². The van der Waals surface area contributed by atoms with Gasteiger partial charge in [0, 0.05) is 23.9 Å². The van der Waals surface area contributed by atoms with Gasteiger partial charge in [-0.15, -0.1) is 5.10 Å². The summed E-state index contributed by atoms with van der Waals surface area (Å²) in [6.07, 6.45) is 0. The highest BCUT2D eigenvalue weighted by molar-refractivity contribution is 7.98. The molecule has 1 heterocycles. The van der Waals surface area contributed by atoms with Crippen LogP contribution < -0.4 is 5.32 Å². The van der Waals surface area contributed by atoms with Crippen molar-refractivity contribution >= 4 is 23.4 Å². The molecule has 1 amide bonds. The topological polar surface area (TPSA) is 70.7 Å². The zero-order valence-electron chi connectivity index (χ0n) is 12.9. The molecule has 0 saturated heterocycles. The smallest absolute Gasteiger partial charge is 0.221 e. The van der Waals surface area contributed by atoms with Crippen molar-refractivity contribution in [2.24, 2.45) is 0 Å². The Hall–Kier alpha value is -2.67.